The van der Waals surface area contributed by atoms with E-state index >= 15 is 0 Å². The van der Waals surface area contributed by atoms with Gasteiger partial charge in [-0.2, -0.15) is 0 Å². The quantitative estimate of drug-likeness (QED) is 0.472. The molecule has 0 aliphatic heterocycles. The second-order valence-electron chi connectivity index (χ2n) is 9.11. The lowest BCUT2D eigenvalue weighted by Crippen LogP contribution is -2.41. The largest absolute Gasteiger partial charge is 0.481 e. The smallest absolute Gasteiger partial charge is 0.307 e. The van der Waals surface area contributed by atoms with E-state index in [9.17, 15) is 19.2 Å². The number of hydrogen-bond donors (Lipinski definition) is 3. The summed E-state index contributed by atoms with van der Waals surface area (Å²) in [6.07, 6.45) is -0.844. The second-order valence-corrected chi connectivity index (χ2v) is 9.11. The summed E-state index contributed by atoms with van der Waals surface area (Å²) < 4.78 is 5.20. The molecule has 0 radical (unpaired) electrons. The van der Waals surface area contributed by atoms with Gasteiger partial charge in [0, 0.05) is 19.0 Å². The Bertz CT molecular complexity index is 1010. The van der Waals surface area contributed by atoms with E-state index in [1.54, 1.807) is 27.7 Å². The average molecular weight is 457 g/mol. The number of esters is 1. The molecule has 0 aromatic heterocycles. The zero-order chi connectivity index (χ0) is 24.6. The number of hydrogen-bond acceptors (Lipinski definition) is 5. The second kappa shape index (κ2) is 11.4. The maximum Gasteiger partial charge on any atom is 0.307 e. The van der Waals surface area contributed by atoms with Gasteiger partial charge in [-0.1, -0.05) is 42.5 Å². The van der Waals surface area contributed by atoms with Gasteiger partial charge in [-0.15, -0.1) is 0 Å². The van der Waals surface area contributed by atoms with Crippen molar-refractivity contribution in [3.63, 3.8) is 0 Å². The minimum atomic E-state index is -1.20. The van der Waals surface area contributed by atoms with Crippen LogP contribution < -0.4 is 10.6 Å². The molecule has 0 bridgehead atoms. The number of aliphatic carboxylic acids is 1. The third-order valence-electron chi connectivity index (χ3n) is 4.86. The summed E-state index contributed by atoms with van der Waals surface area (Å²) in [6, 6.07) is 13.2. The summed E-state index contributed by atoms with van der Waals surface area (Å²) >= 11 is 0. The van der Waals surface area contributed by atoms with E-state index in [1.807, 2.05) is 42.5 Å². The van der Waals surface area contributed by atoms with Crippen molar-refractivity contribution in [2.45, 2.75) is 65.1 Å². The summed E-state index contributed by atoms with van der Waals surface area (Å²) in [4.78, 5) is 48.2. The van der Waals surface area contributed by atoms with Gasteiger partial charge >= 0.3 is 11.9 Å². The minimum Gasteiger partial charge on any atom is -0.481 e. The van der Waals surface area contributed by atoms with Crippen LogP contribution in [0.5, 0.6) is 0 Å². The van der Waals surface area contributed by atoms with Crippen molar-refractivity contribution < 1.29 is 29.0 Å². The van der Waals surface area contributed by atoms with Crippen LogP contribution in [-0.2, 0) is 30.5 Å². The topological polar surface area (TPSA) is 122 Å². The minimum absolute atomic E-state index is 0.0166. The number of carbonyl (C=O) groups excluding carboxylic acids is 3. The zero-order valence-corrected chi connectivity index (χ0v) is 19.5. The van der Waals surface area contributed by atoms with E-state index < -0.39 is 41.8 Å². The van der Waals surface area contributed by atoms with Gasteiger partial charge in [0.2, 0.25) is 11.8 Å². The molecule has 0 spiro atoms. The summed E-state index contributed by atoms with van der Waals surface area (Å²) in [6.45, 7) is 7.07. The van der Waals surface area contributed by atoms with Crippen molar-refractivity contribution in [3.8, 4) is 0 Å². The molecule has 0 unspecified atom stereocenters. The molecule has 2 rings (SSSR count). The highest BCUT2D eigenvalue weighted by molar-refractivity contribution is 5.88. The van der Waals surface area contributed by atoms with Crippen LogP contribution in [0.2, 0.25) is 0 Å². The van der Waals surface area contributed by atoms with E-state index in [0.717, 1.165) is 16.3 Å². The van der Waals surface area contributed by atoms with Gasteiger partial charge in [-0.3, -0.25) is 19.2 Å². The first-order valence-electron chi connectivity index (χ1n) is 10.9. The van der Waals surface area contributed by atoms with Gasteiger partial charge in [0.15, 0.2) is 0 Å². The van der Waals surface area contributed by atoms with Crippen LogP contribution in [0, 0.1) is 5.92 Å². The molecule has 0 aliphatic carbocycles. The molecule has 3 N–H and O–H groups in total. The molecule has 2 aromatic rings. The lowest BCUT2D eigenvalue weighted by atomic mass is 9.99. The van der Waals surface area contributed by atoms with Crippen molar-refractivity contribution in [2.24, 2.45) is 5.92 Å². The molecule has 0 saturated carbocycles. The summed E-state index contributed by atoms with van der Waals surface area (Å²) in [5, 5.41) is 16.8. The Hall–Kier alpha value is -3.42. The first-order valence-corrected chi connectivity index (χ1v) is 10.9. The zero-order valence-electron chi connectivity index (χ0n) is 19.5. The fourth-order valence-corrected chi connectivity index (χ4v) is 3.46. The first kappa shape index (κ1) is 25.8. The van der Waals surface area contributed by atoms with Gasteiger partial charge in [0.1, 0.15) is 5.60 Å². The van der Waals surface area contributed by atoms with Crippen molar-refractivity contribution in [1.29, 1.82) is 0 Å². The van der Waals surface area contributed by atoms with Crippen molar-refractivity contribution in [1.82, 2.24) is 10.6 Å². The summed E-state index contributed by atoms with van der Waals surface area (Å²) in [5.41, 5.74) is 0.244. The van der Waals surface area contributed by atoms with Crippen LogP contribution >= 0.6 is 0 Å². The molecular weight excluding hydrogens is 424 g/mol. The van der Waals surface area contributed by atoms with E-state index in [2.05, 4.69) is 10.6 Å². The van der Waals surface area contributed by atoms with Gasteiger partial charge in [0.05, 0.1) is 18.8 Å². The van der Waals surface area contributed by atoms with E-state index in [0.29, 0.717) is 6.54 Å². The molecule has 2 aromatic carbocycles. The Morgan fingerprint density at radius 1 is 0.970 bits per heavy atom. The van der Waals surface area contributed by atoms with Crippen LogP contribution in [-0.4, -0.2) is 40.5 Å². The first-order chi connectivity index (χ1) is 15.4. The molecule has 178 valence electrons. The van der Waals surface area contributed by atoms with Crippen LogP contribution in [0.3, 0.4) is 0 Å². The Morgan fingerprint density at radius 3 is 2.30 bits per heavy atom. The molecule has 0 aliphatic rings. The molecule has 2 atom stereocenters. The van der Waals surface area contributed by atoms with Gasteiger partial charge in [0.25, 0.3) is 0 Å². The lowest BCUT2D eigenvalue weighted by molar-refractivity contribution is -0.158. The predicted molar refractivity (Wildman–Crippen MR) is 124 cm³/mol. The van der Waals surface area contributed by atoms with Crippen molar-refractivity contribution >= 4 is 34.5 Å². The number of ether oxygens (including phenoxy) is 1. The fourth-order valence-electron chi connectivity index (χ4n) is 3.46. The normalized spacial score (nSPS) is 13.1. The van der Waals surface area contributed by atoms with Gasteiger partial charge < -0.3 is 20.5 Å². The molecule has 0 saturated heterocycles. The van der Waals surface area contributed by atoms with Crippen LogP contribution in [0.15, 0.2) is 42.5 Å². The number of benzene rings is 2. The Morgan fingerprint density at radius 2 is 1.64 bits per heavy atom. The van der Waals surface area contributed by atoms with Gasteiger partial charge in [-0.25, -0.2) is 0 Å². The maximum atomic E-state index is 12.6. The molecular formula is C25H32N2O6. The molecule has 0 fully saturated rings. The Balaban J connectivity index is 1.90. The Labute approximate surface area is 193 Å². The van der Waals surface area contributed by atoms with Crippen LogP contribution in [0.4, 0.5) is 0 Å². The lowest BCUT2D eigenvalue weighted by Gasteiger charge is -2.22. The number of amides is 2. The van der Waals surface area contributed by atoms with Crippen LogP contribution in [0.1, 0.15) is 52.5 Å². The number of carbonyl (C=O) groups is 4. The highest BCUT2D eigenvalue weighted by atomic mass is 16.6. The number of fused-ring (bicyclic) bond motifs is 1. The summed E-state index contributed by atoms with van der Waals surface area (Å²) in [7, 11) is 0. The number of carboxylic acids is 1. The average Bonchev–Trinajstić information content (AvgIpc) is 2.69. The third kappa shape index (κ3) is 8.92. The van der Waals surface area contributed by atoms with E-state index in [1.165, 1.54) is 0 Å². The van der Waals surface area contributed by atoms with Crippen molar-refractivity contribution in [3.05, 3.63) is 48.0 Å². The number of nitrogens with one attached hydrogen (secondary N) is 2. The molecule has 33 heavy (non-hydrogen) atoms. The predicted octanol–water partition coefficient (Wildman–Crippen LogP) is 3.17. The Kier molecular flexibility index (Phi) is 8.96. The monoisotopic (exact) mass is 456 g/mol. The van der Waals surface area contributed by atoms with Crippen molar-refractivity contribution in [2.75, 3.05) is 0 Å². The van der Waals surface area contributed by atoms with Gasteiger partial charge in [-0.05, 0) is 44.0 Å². The third-order valence-corrected chi connectivity index (χ3v) is 4.86. The highest BCUT2D eigenvalue weighted by Crippen LogP contribution is 2.18. The number of carboxylic acid groups (broad SMARTS) is 1. The molecule has 0 heterocycles. The molecule has 2 amide bonds. The SMILES string of the molecule is C[C@@H](CC(=O)NCc1cccc2ccccc12)NC(=O)[C@H](CC(=O)O)CC(=O)OC(C)(C)C. The van der Waals surface area contributed by atoms with E-state index in [4.69, 9.17) is 9.84 Å². The van der Waals surface area contributed by atoms with Crippen LogP contribution in [0.25, 0.3) is 10.8 Å². The molecule has 8 nitrogen and oxygen atoms in total. The highest BCUT2D eigenvalue weighted by Gasteiger charge is 2.28. The maximum absolute atomic E-state index is 12.6. The fraction of sp³-hybridized carbons (Fsp3) is 0.440. The standard InChI is InChI=1S/C25H32N2O6/c1-16(27-24(32)19(13-22(29)30)14-23(31)33-25(2,3)4)12-21(28)26-15-18-10-7-9-17-8-5-6-11-20(17)18/h5-11,16,19H,12-15H2,1-4H3,(H,26,28)(H,27,32)(H,29,30)/t16-,19+/m0/s1. The molecule has 8 heteroatoms. The van der Waals surface area contributed by atoms with E-state index in [-0.39, 0.29) is 18.7 Å². The number of rotatable bonds is 10. The summed E-state index contributed by atoms with van der Waals surface area (Å²) in [5.74, 6) is -3.78.